The number of nitrogens with one attached hydrogen (secondary N) is 1. The molecule has 4 nitrogen and oxygen atoms in total. The molecule has 4 heteroatoms. The molecule has 3 rings (SSSR count). The molecule has 1 aliphatic rings. The molecule has 1 aromatic heterocycles. The van der Waals surface area contributed by atoms with E-state index in [4.69, 9.17) is 0 Å². The maximum atomic E-state index is 11.8. The molecule has 0 spiro atoms. The lowest BCUT2D eigenvalue weighted by atomic mass is 9.96. The van der Waals surface area contributed by atoms with Gasteiger partial charge < -0.3 is 0 Å². The van der Waals surface area contributed by atoms with Crippen LogP contribution in [0.1, 0.15) is 15.9 Å². The number of carbonyl (C=O) groups excluding carboxylic acids is 2. The topological polar surface area (TPSA) is 59.1 Å². The van der Waals surface area contributed by atoms with Gasteiger partial charge in [0.25, 0.3) is 5.91 Å². The second kappa shape index (κ2) is 3.13. The molecule has 0 saturated heterocycles. The van der Waals surface area contributed by atoms with E-state index in [1.54, 1.807) is 18.3 Å². The van der Waals surface area contributed by atoms with Crippen molar-refractivity contribution in [2.75, 3.05) is 0 Å². The third kappa shape index (κ3) is 1.20. The van der Waals surface area contributed by atoms with E-state index in [9.17, 15) is 9.59 Å². The molecule has 16 heavy (non-hydrogen) atoms. The van der Waals surface area contributed by atoms with Crippen LogP contribution < -0.4 is 5.32 Å². The number of hydrogen-bond acceptors (Lipinski definition) is 3. The molecule has 2 heterocycles. The van der Waals surface area contributed by atoms with Gasteiger partial charge in [-0.3, -0.25) is 19.9 Å². The highest BCUT2D eigenvalue weighted by atomic mass is 16.2. The molecule has 2 amide bonds. The van der Waals surface area contributed by atoms with Gasteiger partial charge in [0.2, 0.25) is 5.91 Å². The first-order valence-corrected chi connectivity index (χ1v) is 4.96. The summed E-state index contributed by atoms with van der Waals surface area (Å²) in [4.78, 5) is 27.2. The zero-order chi connectivity index (χ0) is 11.1. The van der Waals surface area contributed by atoms with Gasteiger partial charge in [-0.2, -0.15) is 0 Å². The van der Waals surface area contributed by atoms with Gasteiger partial charge in [-0.05, 0) is 17.7 Å². The van der Waals surface area contributed by atoms with Crippen molar-refractivity contribution < 1.29 is 9.59 Å². The summed E-state index contributed by atoms with van der Waals surface area (Å²) in [6.07, 6.45) is 1.94. The maximum Gasteiger partial charge on any atom is 0.258 e. The smallest absolute Gasteiger partial charge is 0.258 e. The highest BCUT2D eigenvalue weighted by Gasteiger charge is 2.24. The number of benzene rings is 1. The Balaban J connectivity index is 2.38. The molecule has 0 atom stereocenters. The lowest BCUT2D eigenvalue weighted by Gasteiger charge is -2.16. The van der Waals surface area contributed by atoms with Crippen molar-refractivity contribution in [1.82, 2.24) is 10.3 Å². The molecule has 1 aliphatic heterocycles. The SMILES string of the molecule is O=C1Cc2ccc3ncccc3c2C(=O)N1. The monoisotopic (exact) mass is 212 g/mol. The normalized spacial score (nSPS) is 14.8. The average molecular weight is 212 g/mol. The summed E-state index contributed by atoms with van der Waals surface area (Å²) in [7, 11) is 0. The Morgan fingerprint density at radius 3 is 2.94 bits per heavy atom. The summed E-state index contributed by atoms with van der Waals surface area (Å²) >= 11 is 0. The van der Waals surface area contributed by atoms with Crippen molar-refractivity contribution in [3.05, 3.63) is 41.6 Å². The third-order valence-electron chi connectivity index (χ3n) is 2.70. The molecule has 0 saturated carbocycles. The van der Waals surface area contributed by atoms with Gasteiger partial charge in [-0.15, -0.1) is 0 Å². The lowest BCUT2D eigenvalue weighted by molar-refractivity contribution is -0.119. The van der Waals surface area contributed by atoms with Gasteiger partial charge in [0.15, 0.2) is 0 Å². The zero-order valence-electron chi connectivity index (χ0n) is 8.36. The second-order valence-corrected chi connectivity index (χ2v) is 3.72. The van der Waals surface area contributed by atoms with Gasteiger partial charge in [-0.25, -0.2) is 0 Å². The van der Waals surface area contributed by atoms with Crippen molar-refractivity contribution in [1.29, 1.82) is 0 Å². The molecule has 1 aromatic carbocycles. The molecule has 0 fully saturated rings. The van der Waals surface area contributed by atoms with Gasteiger partial charge in [0.1, 0.15) is 0 Å². The molecule has 1 N–H and O–H groups in total. The molecular formula is C12H8N2O2. The summed E-state index contributed by atoms with van der Waals surface area (Å²) in [6, 6.07) is 7.25. The van der Waals surface area contributed by atoms with Gasteiger partial charge in [-0.1, -0.05) is 12.1 Å². The van der Waals surface area contributed by atoms with E-state index >= 15 is 0 Å². The Bertz CT molecular complexity index is 619. The van der Waals surface area contributed by atoms with Crippen molar-refractivity contribution in [2.45, 2.75) is 6.42 Å². The first-order valence-electron chi connectivity index (χ1n) is 4.96. The second-order valence-electron chi connectivity index (χ2n) is 3.72. The fraction of sp³-hybridized carbons (Fsp3) is 0.0833. The Kier molecular flexibility index (Phi) is 1.77. The number of aromatic nitrogens is 1. The van der Waals surface area contributed by atoms with Crippen LogP contribution in [0.15, 0.2) is 30.5 Å². The third-order valence-corrected chi connectivity index (χ3v) is 2.70. The van der Waals surface area contributed by atoms with E-state index in [0.29, 0.717) is 5.56 Å². The molecule has 0 aliphatic carbocycles. The van der Waals surface area contributed by atoms with E-state index in [1.807, 2.05) is 12.1 Å². The van der Waals surface area contributed by atoms with Crippen molar-refractivity contribution >= 4 is 22.7 Å². The van der Waals surface area contributed by atoms with Crippen LogP contribution in [0.2, 0.25) is 0 Å². The highest BCUT2D eigenvalue weighted by Crippen LogP contribution is 2.23. The number of nitrogens with zero attached hydrogens (tertiary/aromatic N) is 1. The van der Waals surface area contributed by atoms with Crippen molar-refractivity contribution in [2.24, 2.45) is 0 Å². The Hall–Kier alpha value is -2.23. The minimum Gasteiger partial charge on any atom is -0.292 e. The van der Waals surface area contributed by atoms with Crippen molar-refractivity contribution in [3.8, 4) is 0 Å². The fourth-order valence-electron chi connectivity index (χ4n) is 2.02. The lowest BCUT2D eigenvalue weighted by Crippen LogP contribution is -2.37. The molecule has 78 valence electrons. The minimum atomic E-state index is -0.329. The number of fused-ring (bicyclic) bond motifs is 3. The maximum absolute atomic E-state index is 11.8. The first-order chi connectivity index (χ1) is 7.75. The highest BCUT2D eigenvalue weighted by molar-refractivity contribution is 6.16. The standard InChI is InChI=1S/C12H8N2O2/c15-10-6-7-3-4-9-8(2-1-5-13-9)11(7)12(16)14-10/h1-5H,6H2,(H,14,15,16). The molecule has 2 aromatic rings. The number of pyridine rings is 1. The fourth-order valence-corrected chi connectivity index (χ4v) is 2.02. The molecule has 0 bridgehead atoms. The van der Waals surface area contributed by atoms with E-state index in [-0.39, 0.29) is 18.2 Å². The van der Waals surface area contributed by atoms with Crippen LogP contribution in [-0.4, -0.2) is 16.8 Å². The number of hydrogen-bond donors (Lipinski definition) is 1. The number of imide groups is 1. The molecule has 0 radical (unpaired) electrons. The molecule has 0 unspecified atom stereocenters. The van der Waals surface area contributed by atoms with Crippen LogP contribution in [0.25, 0.3) is 10.9 Å². The quantitative estimate of drug-likeness (QED) is 0.664. The van der Waals surface area contributed by atoms with Gasteiger partial charge >= 0.3 is 0 Å². The number of rotatable bonds is 0. The Labute approximate surface area is 91.3 Å². The van der Waals surface area contributed by atoms with Crippen LogP contribution in [-0.2, 0) is 11.2 Å². The van der Waals surface area contributed by atoms with E-state index in [2.05, 4.69) is 10.3 Å². The predicted octanol–water partition coefficient (Wildman–Crippen LogP) is 1.05. The summed E-state index contributed by atoms with van der Waals surface area (Å²) in [6.45, 7) is 0. The van der Waals surface area contributed by atoms with Crippen molar-refractivity contribution in [3.63, 3.8) is 0 Å². The summed E-state index contributed by atoms with van der Waals surface area (Å²) < 4.78 is 0. The summed E-state index contributed by atoms with van der Waals surface area (Å²) in [5.74, 6) is -0.578. The first kappa shape index (κ1) is 9.03. The average Bonchev–Trinajstić information content (AvgIpc) is 2.28. The Morgan fingerprint density at radius 2 is 2.06 bits per heavy atom. The van der Waals surface area contributed by atoms with Crippen LogP contribution in [0, 0.1) is 0 Å². The van der Waals surface area contributed by atoms with E-state index in [1.165, 1.54) is 0 Å². The molecular weight excluding hydrogens is 204 g/mol. The summed E-state index contributed by atoms with van der Waals surface area (Å²) in [5.41, 5.74) is 2.12. The van der Waals surface area contributed by atoms with Crippen LogP contribution in [0.4, 0.5) is 0 Å². The Morgan fingerprint density at radius 1 is 1.19 bits per heavy atom. The van der Waals surface area contributed by atoms with E-state index < -0.39 is 0 Å². The summed E-state index contributed by atoms with van der Waals surface area (Å²) in [5, 5.41) is 3.12. The number of carbonyl (C=O) groups is 2. The van der Waals surface area contributed by atoms with E-state index in [0.717, 1.165) is 16.5 Å². The zero-order valence-corrected chi connectivity index (χ0v) is 8.36. The van der Waals surface area contributed by atoms with Crippen LogP contribution in [0.3, 0.4) is 0 Å². The van der Waals surface area contributed by atoms with Gasteiger partial charge in [0, 0.05) is 11.6 Å². The van der Waals surface area contributed by atoms with Crippen LogP contribution >= 0.6 is 0 Å². The van der Waals surface area contributed by atoms with Gasteiger partial charge in [0.05, 0.1) is 17.5 Å². The largest absolute Gasteiger partial charge is 0.292 e. The van der Waals surface area contributed by atoms with Crippen LogP contribution in [0.5, 0.6) is 0 Å². The predicted molar refractivity (Wildman–Crippen MR) is 57.9 cm³/mol. The minimum absolute atomic E-state index is 0.249. The number of amides is 2.